The summed E-state index contributed by atoms with van der Waals surface area (Å²) in [6.07, 6.45) is 0.960. The van der Waals surface area contributed by atoms with Crippen LogP contribution in [0.5, 0.6) is 0 Å². The van der Waals surface area contributed by atoms with E-state index in [1.807, 2.05) is 67.6 Å². The second-order valence-corrected chi connectivity index (χ2v) is 8.92. The number of carbonyl (C=O) groups excluding carboxylic acids is 1. The number of allylic oxidation sites excluding steroid dienone is 1. The fourth-order valence-electron chi connectivity index (χ4n) is 4.29. The molecule has 3 aromatic carbocycles. The number of nitrogens with one attached hydrogen (secondary N) is 1. The number of benzene rings is 3. The summed E-state index contributed by atoms with van der Waals surface area (Å²) in [5.41, 5.74) is 5.46. The average molecular weight is 485 g/mol. The Morgan fingerprint density at radius 1 is 1.00 bits per heavy atom. The second kappa shape index (κ2) is 9.76. The van der Waals surface area contributed by atoms with Gasteiger partial charge in [0.15, 0.2) is 0 Å². The van der Waals surface area contributed by atoms with E-state index in [2.05, 4.69) is 29.5 Å². The lowest BCUT2D eigenvalue weighted by Crippen LogP contribution is -2.45. The van der Waals surface area contributed by atoms with Gasteiger partial charge in [-0.25, -0.2) is 4.79 Å². The van der Waals surface area contributed by atoms with Crippen molar-refractivity contribution in [2.24, 2.45) is 0 Å². The number of halogens is 1. The zero-order chi connectivity index (χ0) is 24.4. The molecule has 1 atom stereocenters. The Hall–Kier alpha value is -3.90. The highest BCUT2D eigenvalue weighted by atomic mass is 35.5. The molecule has 0 radical (unpaired) electrons. The number of aryl methyl sites for hydroxylation is 1. The summed E-state index contributed by atoms with van der Waals surface area (Å²) in [5, 5.41) is 7.95. The van der Waals surface area contributed by atoms with Gasteiger partial charge in [-0.05, 0) is 42.2 Å². The van der Waals surface area contributed by atoms with E-state index in [0.717, 1.165) is 34.4 Å². The lowest BCUT2D eigenvalue weighted by Gasteiger charge is -2.35. The van der Waals surface area contributed by atoms with Crippen molar-refractivity contribution in [1.82, 2.24) is 20.4 Å². The Kier molecular flexibility index (Phi) is 6.38. The van der Waals surface area contributed by atoms with Gasteiger partial charge in [0.2, 0.25) is 5.82 Å². The van der Waals surface area contributed by atoms with Crippen molar-refractivity contribution < 1.29 is 9.32 Å². The topological polar surface area (TPSA) is 71.3 Å². The second-order valence-electron chi connectivity index (χ2n) is 8.48. The van der Waals surface area contributed by atoms with Gasteiger partial charge < -0.3 is 9.84 Å². The molecule has 5 rings (SSSR count). The SMILES string of the molecule is CCc1ccc(-c2noc(C3=C(C)N(Cc4ccccc4)C(=O)NC3c3cccc(Cl)c3)n2)cc1. The molecular formula is C28H25ClN4O2. The molecule has 1 aromatic heterocycles. The lowest BCUT2D eigenvalue weighted by atomic mass is 9.94. The summed E-state index contributed by atoms with van der Waals surface area (Å²) in [6.45, 7) is 4.45. The van der Waals surface area contributed by atoms with Crippen molar-refractivity contribution in [2.45, 2.75) is 32.9 Å². The molecule has 176 valence electrons. The van der Waals surface area contributed by atoms with Crippen LogP contribution in [0.25, 0.3) is 17.0 Å². The molecule has 1 aliphatic heterocycles. The maximum absolute atomic E-state index is 13.2. The lowest BCUT2D eigenvalue weighted by molar-refractivity contribution is 0.203. The van der Waals surface area contributed by atoms with Gasteiger partial charge in [-0.15, -0.1) is 0 Å². The fraction of sp³-hybridized carbons (Fsp3) is 0.179. The molecule has 0 saturated heterocycles. The van der Waals surface area contributed by atoms with E-state index in [1.54, 1.807) is 11.0 Å². The third kappa shape index (κ3) is 4.70. The average Bonchev–Trinajstić information content (AvgIpc) is 3.36. The normalized spacial score (nSPS) is 15.9. The first-order valence-electron chi connectivity index (χ1n) is 11.5. The minimum Gasteiger partial charge on any atom is -0.334 e. The van der Waals surface area contributed by atoms with E-state index in [0.29, 0.717) is 23.3 Å². The molecule has 2 amide bonds. The van der Waals surface area contributed by atoms with Crippen LogP contribution in [0.15, 0.2) is 89.1 Å². The van der Waals surface area contributed by atoms with Crippen LogP contribution in [0.3, 0.4) is 0 Å². The number of nitrogens with zero attached hydrogens (tertiary/aromatic N) is 3. The summed E-state index contributed by atoms with van der Waals surface area (Å²) in [4.78, 5) is 19.7. The van der Waals surface area contributed by atoms with E-state index in [1.165, 1.54) is 5.56 Å². The highest BCUT2D eigenvalue weighted by Gasteiger charge is 2.35. The van der Waals surface area contributed by atoms with Crippen LogP contribution < -0.4 is 5.32 Å². The number of aromatic nitrogens is 2. The van der Waals surface area contributed by atoms with Gasteiger partial charge in [-0.1, -0.05) is 90.4 Å². The Balaban J connectivity index is 1.58. The van der Waals surface area contributed by atoms with Gasteiger partial charge in [-0.3, -0.25) is 4.90 Å². The van der Waals surface area contributed by atoms with Crippen molar-refractivity contribution in [2.75, 3.05) is 0 Å². The molecule has 1 aliphatic rings. The van der Waals surface area contributed by atoms with Gasteiger partial charge >= 0.3 is 6.03 Å². The maximum atomic E-state index is 13.2. The van der Waals surface area contributed by atoms with Crippen molar-refractivity contribution in [3.05, 3.63) is 112 Å². The molecule has 0 bridgehead atoms. The van der Waals surface area contributed by atoms with Crippen LogP contribution in [0.4, 0.5) is 4.79 Å². The van der Waals surface area contributed by atoms with Crippen molar-refractivity contribution in [3.63, 3.8) is 0 Å². The molecule has 4 aromatic rings. The Bertz CT molecular complexity index is 1380. The number of hydrogen-bond acceptors (Lipinski definition) is 4. The molecule has 0 saturated carbocycles. The number of amides is 2. The quantitative estimate of drug-likeness (QED) is 0.332. The standard InChI is InChI=1S/C28H25ClN4O2/c1-3-19-12-14-21(15-13-19)26-31-27(35-32-26)24-18(2)33(17-20-8-5-4-6-9-20)28(34)30-25(24)22-10-7-11-23(29)16-22/h4-16,25H,3,17H2,1-2H3,(H,30,34). The van der Waals surface area contributed by atoms with E-state index < -0.39 is 6.04 Å². The van der Waals surface area contributed by atoms with Crippen molar-refractivity contribution in [1.29, 1.82) is 0 Å². The van der Waals surface area contributed by atoms with Gasteiger partial charge in [0.1, 0.15) is 0 Å². The van der Waals surface area contributed by atoms with Gasteiger partial charge in [-0.2, -0.15) is 4.98 Å². The molecule has 0 spiro atoms. The zero-order valence-electron chi connectivity index (χ0n) is 19.5. The highest BCUT2D eigenvalue weighted by molar-refractivity contribution is 6.30. The summed E-state index contributed by atoms with van der Waals surface area (Å²) >= 11 is 6.28. The van der Waals surface area contributed by atoms with Crippen LogP contribution in [0.2, 0.25) is 5.02 Å². The van der Waals surface area contributed by atoms with Crippen LogP contribution in [0.1, 0.15) is 42.5 Å². The third-order valence-corrected chi connectivity index (χ3v) is 6.47. The molecule has 7 heteroatoms. The summed E-state index contributed by atoms with van der Waals surface area (Å²) in [7, 11) is 0. The van der Waals surface area contributed by atoms with Gasteiger partial charge in [0, 0.05) is 16.3 Å². The molecule has 35 heavy (non-hydrogen) atoms. The third-order valence-electron chi connectivity index (χ3n) is 6.24. The van der Waals surface area contributed by atoms with Crippen molar-refractivity contribution in [3.8, 4) is 11.4 Å². The predicted octanol–water partition coefficient (Wildman–Crippen LogP) is 6.65. The fourth-order valence-corrected chi connectivity index (χ4v) is 4.49. The van der Waals surface area contributed by atoms with E-state index in [-0.39, 0.29) is 6.03 Å². The van der Waals surface area contributed by atoms with Crippen LogP contribution in [-0.2, 0) is 13.0 Å². The smallest absolute Gasteiger partial charge is 0.322 e. The maximum Gasteiger partial charge on any atom is 0.322 e. The molecule has 1 unspecified atom stereocenters. The van der Waals surface area contributed by atoms with Crippen LogP contribution in [0, 0.1) is 0 Å². The number of rotatable bonds is 6. The highest BCUT2D eigenvalue weighted by Crippen LogP contribution is 2.38. The first-order chi connectivity index (χ1) is 17.0. The summed E-state index contributed by atoms with van der Waals surface area (Å²) in [5.74, 6) is 0.861. The number of hydrogen-bond donors (Lipinski definition) is 1. The largest absolute Gasteiger partial charge is 0.334 e. The summed E-state index contributed by atoms with van der Waals surface area (Å²) < 4.78 is 5.77. The Labute approximate surface area is 209 Å². The first-order valence-corrected chi connectivity index (χ1v) is 11.9. The van der Waals surface area contributed by atoms with E-state index in [9.17, 15) is 4.79 Å². The minimum absolute atomic E-state index is 0.199. The molecule has 0 aliphatic carbocycles. The van der Waals surface area contributed by atoms with Crippen molar-refractivity contribution >= 4 is 23.2 Å². The summed E-state index contributed by atoms with van der Waals surface area (Å²) in [6, 6.07) is 24.7. The number of carbonyl (C=O) groups is 1. The van der Waals surface area contributed by atoms with E-state index >= 15 is 0 Å². The Morgan fingerprint density at radius 3 is 2.49 bits per heavy atom. The predicted molar refractivity (Wildman–Crippen MR) is 136 cm³/mol. The van der Waals surface area contributed by atoms with Crippen LogP contribution >= 0.6 is 11.6 Å². The van der Waals surface area contributed by atoms with Gasteiger partial charge in [0.05, 0.1) is 18.2 Å². The molecule has 2 heterocycles. The molecule has 6 nitrogen and oxygen atoms in total. The number of urea groups is 1. The van der Waals surface area contributed by atoms with E-state index in [4.69, 9.17) is 21.1 Å². The molecular weight excluding hydrogens is 460 g/mol. The minimum atomic E-state index is -0.482. The first kappa shape index (κ1) is 22.9. The molecule has 1 N–H and O–H groups in total. The molecule has 0 fully saturated rings. The Morgan fingerprint density at radius 2 is 1.77 bits per heavy atom. The van der Waals surface area contributed by atoms with Crippen LogP contribution in [-0.4, -0.2) is 21.1 Å². The zero-order valence-corrected chi connectivity index (χ0v) is 20.3. The van der Waals surface area contributed by atoms with Gasteiger partial charge in [0.25, 0.3) is 5.89 Å². The monoisotopic (exact) mass is 484 g/mol.